The molecule has 0 unspecified atom stereocenters. The molecule has 0 aliphatic heterocycles. The lowest BCUT2D eigenvalue weighted by molar-refractivity contribution is -0.110. The third-order valence-electron chi connectivity index (χ3n) is 3.64. The molecule has 0 aromatic heterocycles. The van der Waals surface area contributed by atoms with Crippen molar-refractivity contribution in [2.45, 2.75) is 6.42 Å². The van der Waals surface area contributed by atoms with E-state index >= 15 is 0 Å². The number of hydrogen-bond acceptors (Lipinski definition) is 1. The molecule has 3 aromatic carbocycles. The molecule has 0 aliphatic rings. The van der Waals surface area contributed by atoms with Crippen LogP contribution in [0.4, 0.5) is 0 Å². The first-order valence-corrected chi connectivity index (χ1v) is 7.65. The summed E-state index contributed by atoms with van der Waals surface area (Å²) in [5.41, 5.74) is 5.52. The van der Waals surface area contributed by atoms with Crippen LogP contribution < -0.4 is 0 Å². The Bertz CT molecular complexity index is 779. The summed E-state index contributed by atoms with van der Waals surface area (Å²) in [7, 11) is 0. The van der Waals surface area contributed by atoms with E-state index in [0.717, 1.165) is 27.8 Å². The van der Waals surface area contributed by atoms with E-state index in [9.17, 15) is 4.79 Å². The van der Waals surface area contributed by atoms with E-state index < -0.39 is 0 Å². The van der Waals surface area contributed by atoms with E-state index in [1.807, 2.05) is 48.5 Å². The maximum Gasteiger partial charge on any atom is 0.190 e. The summed E-state index contributed by atoms with van der Waals surface area (Å²) in [6.07, 6.45) is 0.327. The molecule has 3 aromatic rings. The lowest BCUT2D eigenvalue weighted by atomic mass is 9.89. The molecule has 0 radical (unpaired) electrons. The number of benzene rings is 3. The van der Waals surface area contributed by atoms with Crippen LogP contribution in [0.25, 0.3) is 22.3 Å². The van der Waals surface area contributed by atoms with Gasteiger partial charge in [-0.1, -0.05) is 78.9 Å². The molecule has 0 aliphatic carbocycles. The summed E-state index contributed by atoms with van der Waals surface area (Å²) >= 11 is 3.95. The summed E-state index contributed by atoms with van der Waals surface area (Å²) in [6.45, 7) is 0. The van der Waals surface area contributed by atoms with Crippen molar-refractivity contribution in [3.8, 4) is 22.3 Å². The second-order valence-corrected chi connectivity index (χ2v) is 5.64. The first-order valence-electron chi connectivity index (χ1n) is 7.20. The molecule has 3 rings (SSSR count). The van der Waals surface area contributed by atoms with Crippen molar-refractivity contribution in [3.05, 3.63) is 84.4 Å². The molecule has 0 amide bonds. The van der Waals surface area contributed by atoms with Gasteiger partial charge in [-0.05, 0) is 27.8 Å². The monoisotopic (exact) mass is 304 g/mol. The number of hydrogen-bond donors (Lipinski definition) is 1. The average Bonchev–Trinajstić information content (AvgIpc) is 2.56. The molecule has 0 bridgehead atoms. The largest absolute Gasteiger partial charge is 0.287 e. The lowest BCUT2D eigenvalue weighted by Gasteiger charge is -2.15. The summed E-state index contributed by atoms with van der Waals surface area (Å²) < 4.78 is 0. The highest BCUT2D eigenvalue weighted by Crippen LogP contribution is 2.35. The van der Waals surface area contributed by atoms with Crippen LogP contribution in [-0.4, -0.2) is 5.12 Å². The van der Waals surface area contributed by atoms with E-state index in [-0.39, 0.29) is 5.12 Å². The molecular formula is C20H16OS. The predicted molar refractivity (Wildman–Crippen MR) is 95.0 cm³/mol. The van der Waals surface area contributed by atoms with Gasteiger partial charge in [-0.3, -0.25) is 4.79 Å². The molecule has 0 heterocycles. The normalized spacial score (nSPS) is 10.4. The molecular weight excluding hydrogens is 288 g/mol. The van der Waals surface area contributed by atoms with Gasteiger partial charge in [0.25, 0.3) is 0 Å². The van der Waals surface area contributed by atoms with Crippen molar-refractivity contribution in [1.82, 2.24) is 0 Å². The first kappa shape index (κ1) is 14.6. The van der Waals surface area contributed by atoms with Crippen molar-refractivity contribution in [1.29, 1.82) is 0 Å². The van der Waals surface area contributed by atoms with Crippen LogP contribution in [0.15, 0.2) is 78.9 Å². The highest BCUT2D eigenvalue weighted by atomic mass is 32.1. The minimum absolute atomic E-state index is 0.123. The standard InChI is InChI=1S/C20H16OS/c21-19(22)14-17-12-7-13-18(15-8-3-1-4-9-15)20(17)16-10-5-2-6-11-16/h1-13H,14H2,(H,21,22). The molecule has 1 nitrogen and oxygen atoms in total. The van der Waals surface area contributed by atoms with E-state index in [1.165, 1.54) is 0 Å². The third kappa shape index (κ3) is 3.12. The topological polar surface area (TPSA) is 17.1 Å². The van der Waals surface area contributed by atoms with Gasteiger partial charge in [-0.25, -0.2) is 0 Å². The van der Waals surface area contributed by atoms with Gasteiger partial charge in [-0.15, -0.1) is 12.6 Å². The first-order chi connectivity index (χ1) is 10.8. The Hall–Kier alpha value is -2.32. The van der Waals surface area contributed by atoms with Crippen LogP contribution in [0.3, 0.4) is 0 Å². The average molecular weight is 304 g/mol. The van der Waals surface area contributed by atoms with Gasteiger partial charge in [0, 0.05) is 6.42 Å². The second kappa shape index (κ2) is 6.63. The lowest BCUT2D eigenvalue weighted by Crippen LogP contribution is -1.98. The van der Waals surface area contributed by atoms with Gasteiger partial charge < -0.3 is 0 Å². The maximum absolute atomic E-state index is 11.5. The van der Waals surface area contributed by atoms with Crippen molar-refractivity contribution in [2.75, 3.05) is 0 Å². The Labute approximate surface area is 136 Å². The van der Waals surface area contributed by atoms with Crippen molar-refractivity contribution in [3.63, 3.8) is 0 Å². The van der Waals surface area contributed by atoms with Crippen LogP contribution >= 0.6 is 12.6 Å². The number of carbonyl (C=O) groups excluding carboxylic acids is 1. The molecule has 0 fully saturated rings. The third-order valence-corrected chi connectivity index (χ3v) is 3.80. The minimum Gasteiger partial charge on any atom is -0.287 e. The van der Waals surface area contributed by atoms with E-state index in [1.54, 1.807) is 0 Å². The Morgan fingerprint density at radius 1 is 0.727 bits per heavy atom. The molecule has 0 N–H and O–H groups in total. The van der Waals surface area contributed by atoms with Crippen LogP contribution in [0, 0.1) is 0 Å². The molecule has 0 saturated heterocycles. The SMILES string of the molecule is O=C(S)Cc1cccc(-c2ccccc2)c1-c1ccccc1. The highest BCUT2D eigenvalue weighted by molar-refractivity contribution is 7.96. The quantitative estimate of drug-likeness (QED) is 0.670. The number of carbonyl (C=O) groups is 1. The van der Waals surface area contributed by atoms with E-state index in [2.05, 4.69) is 43.0 Å². The highest BCUT2D eigenvalue weighted by Gasteiger charge is 2.13. The van der Waals surface area contributed by atoms with Crippen LogP contribution in [0.1, 0.15) is 5.56 Å². The van der Waals surface area contributed by atoms with Gasteiger partial charge >= 0.3 is 0 Å². The zero-order valence-corrected chi connectivity index (χ0v) is 13.0. The fourth-order valence-electron chi connectivity index (χ4n) is 2.71. The molecule has 2 heteroatoms. The van der Waals surface area contributed by atoms with Gasteiger partial charge in [0.15, 0.2) is 5.12 Å². The number of rotatable bonds is 4. The van der Waals surface area contributed by atoms with Crippen molar-refractivity contribution in [2.24, 2.45) is 0 Å². The Morgan fingerprint density at radius 3 is 1.91 bits per heavy atom. The Kier molecular flexibility index (Phi) is 4.40. The van der Waals surface area contributed by atoms with E-state index in [4.69, 9.17) is 0 Å². The summed E-state index contributed by atoms with van der Waals surface area (Å²) in [4.78, 5) is 11.5. The fourth-order valence-corrected chi connectivity index (χ4v) is 2.88. The molecule has 22 heavy (non-hydrogen) atoms. The smallest absolute Gasteiger partial charge is 0.190 e. The Balaban J connectivity index is 2.24. The summed E-state index contributed by atoms with van der Waals surface area (Å²) in [5, 5.41) is -0.123. The van der Waals surface area contributed by atoms with Crippen LogP contribution in [-0.2, 0) is 11.2 Å². The zero-order valence-electron chi connectivity index (χ0n) is 12.1. The van der Waals surface area contributed by atoms with Gasteiger partial charge in [-0.2, -0.15) is 0 Å². The minimum atomic E-state index is -0.123. The predicted octanol–water partition coefficient (Wildman–Crippen LogP) is 5.02. The number of thiol groups is 1. The van der Waals surface area contributed by atoms with Gasteiger partial charge in [0.05, 0.1) is 0 Å². The maximum atomic E-state index is 11.5. The van der Waals surface area contributed by atoms with E-state index in [0.29, 0.717) is 6.42 Å². The van der Waals surface area contributed by atoms with Gasteiger partial charge in [0.1, 0.15) is 0 Å². The van der Waals surface area contributed by atoms with Crippen molar-refractivity contribution >= 4 is 17.7 Å². The second-order valence-electron chi connectivity index (χ2n) is 5.14. The summed E-state index contributed by atoms with van der Waals surface area (Å²) in [6, 6.07) is 26.5. The molecule has 108 valence electrons. The van der Waals surface area contributed by atoms with Gasteiger partial charge in [0.2, 0.25) is 0 Å². The van der Waals surface area contributed by atoms with Crippen LogP contribution in [0.5, 0.6) is 0 Å². The molecule has 0 atom stereocenters. The van der Waals surface area contributed by atoms with Crippen LogP contribution in [0.2, 0.25) is 0 Å². The fraction of sp³-hybridized carbons (Fsp3) is 0.0500. The Morgan fingerprint density at radius 2 is 1.32 bits per heavy atom. The molecule has 0 saturated carbocycles. The molecule has 0 spiro atoms. The van der Waals surface area contributed by atoms with Crippen molar-refractivity contribution < 1.29 is 4.79 Å². The zero-order chi connectivity index (χ0) is 15.4. The summed E-state index contributed by atoms with van der Waals surface area (Å²) in [5.74, 6) is 0.